The lowest BCUT2D eigenvalue weighted by Gasteiger charge is -2.32. The van der Waals surface area contributed by atoms with Gasteiger partial charge in [-0.05, 0) is 63.0 Å². The van der Waals surface area contributed by atoms with E-state index in [4.69, 9.17) is 0 Å². The van der Waals surface area contributed by atoms with Crippen LogP contribution in [0.5, 0.6) is 0 Å². The van der Waals surface area contributed by atoms with Crippen molar-refractivity contribution in [2.75, 3.05) is 40.3 Å². The average Bonchev–Trinajstić information content (AvgIpc) is 2.62. The summed E-state index contributed by atoms with van der Waals surface area (Å²) in [5.74, 6) is 0.229. The van der Waals surface area contributed by atoms with Gasteiger partial charge in [0.25, 0.3) is 0 Å². The second-order valence-electron chi connectivity index (χ2n) is 6.77. The molecule has 6 nitrogen and oxygen atoms in total. The zero-order valence-corrected chi connectivity index (χ0v) is 17.5. The van der Waals surface area contributed by atoms with Crippen LogP contribution in [0.4, 0.5) is 4.39 Å². The number of likely N-dealkylation sites (tertiary alicyclic amines) is 1. The van der Waals surface area contributed by atoms with Crippen molar-refractivity contribution >= 4 is 28.3 Å². The third-order valence-corrected chi connectivity index (χ3v) is 6.72. The van der Waals surface area contributed by atoms with Crippen LogP contribution in [-0.4, -0.2) is 63.8 Å². The fourth-order valence-corrected chi connectivity index (χ4v) is 4.40. The van der Waals surface area contributed by atoms with Gasteiger partial charge in [-0.3, -0.25) is 4.79 Å². The highest BCUT2D eigenvalue weighted by molar-refractivity contribution is 7.89. The molecule has 154 valence electrons. The Hall–Kier alpha value is -1.22. The van der Waals surface area contributed by atoms with Gasteiger partial charge in [0.2, 0.25) is 15.9 Å². The highest BCUT2D eigenvalue weighted by Crippen LogP contribution is 2.18. The van der Waals surface area contributed by atoms with E-state index in [-0.39, 0.29) is 29.8 Å². The highest BCUT2D eigenvalue weighted by atomic mass is 35.5. The lowest BCUT2D eigenvalue weighted by Crippen LogP contribution is -2.40. The van der Waals surface area contributed by atoms with Crippen LogP contribution in [-0.2, 0) is 14.8 Å². The molecule has 0 atom stereocenters. The molecule has 0 spiro atoms. The van der Waals surface area contributed by atoms with Gasteiger partial charge in [-0.15, -0.1) is 12.4 Å². The first-order chi connectivity index (χ1) is 12.3. The molecule has 0 aliphatic carbocycles. The maximum absolute atomic E-state index is 13.0. The second-order valence-corrected chi connectivity index (χ2v) is 8.81. The van der Waals surface area contributed by atoms with E-state index < -0.39 is 15.8 Å². The number of halogens is 2. The number of carbonyl (C=O) groups excluding carboxylic acids is 1. The summed E-state index contributed by atoms with van der Waals surface area (Å²) in [6.07, 6.45) is 2.81. The predicted octanol–water partition coefficient (Wildman–Crippen LogP) is 2.11. The number of nitrogens with zero attached hydrogens (tertiary/aromatic N) is 2. The van der Waals surface area contributed by atoms with Gasteiger partial charge in [0, 0.05) is 33.1 Å². The Balaban J connectivity index is 0.00000364. The summed E-state index contributed by atoms with van der Waals surface area (Å²) in [6, 6.07) is 4.76. The van der Waals surface area contributed by atoms with Crippen LogP contribution in [0.2, 0.25) is 0 Å². The minimum absolute atomic E-state index is 0. The molecular formula is C18H29ClFN3O3S. The fourth-order valence-electron chi connectivity index (χ4n) is 3.19. The summed E-state index contributed by atoms with van der Waals surface area (Å²) in [7, 11) is -0.240. The van der Waals surface area contributed by atoms with Crippen LogP contribution in [0, 0.1) is 11.7 Å². The van der Waals surface area contributed by atoms with Gasteiger partial charge in [-0.2, -0.15) is 0 Å². The first-order valence-electron chi connectivity index (χ1n) is 8.99. The number of amides is 1. The number of piperidine rings is 1. The average molecular weight is 422 g/mol. The molecule has 2 rings (SSSR count). The zero-order chi connectivity index (χ0) is 19.2. The van der Waals surface area contributed by atoms with Crippen molar-refractivity contribution < 1.29 is 17.6 Å². The van der Waals surface area contributed by atoms with E-state index in [1.807, 2.05) is 11.9 Å². The Morgan fingerprint density at radius 3 is 2.41 bits per heavy atom. The third-order valence-electron chi connectivity index (χ3n) is 4.85. The first-order valence-corrected chi connectivity index (χ1v) is 10.4. The predicted molar refractivity (Wildman–Crippen MR) is 106 cm³/mol. The van der Waals surface area contributed by atoms with E-state index in [9.17, 15) is 17.6 Å². The molecule has 0 bridgehead atoms. The molecular weight excluding hydrogens is 393 g/mol. The van der Waals surface area contributed by atoms with E-state index in [0.29, 0.717) is 18.8 Å². The van der Waals surface area contributed by atoms with Crippen LogP contribution in [0.3, 0.4) is 0 Å². The molecule has 0 aromatic heterocycles. The maximum Gasteiger partial charge on any atom is 0.242 e. The molecule has 27 heavy (non-hydrogen) atoms. The van der Waals surface area contributed by atoms with E-state index in [0.717, 1.165) is 44.6 Å². The number of carbonyl (C=O) groups is 1. The minimum Gasteiger partial charge on any atom is -0.343 e. The molecule has 0 saturated carbocycles. The van der Waals surface area contributed by atoms with E-state index in [2.05, 4.69) is 5.32 Å². The number of sulfonamides is 1. The number of benzene rings is 1. The van der Waals surface area contributed by atoms with Gasteiger partial charge in [0.1, 0.15) is 5.82 Å². The molecule has 1 aromatic carbocycles. The molecule has 1 aromatic rings. The monoisotopic (exact) mass is 421 g/mol. The van der Waals surface area contributed by atoms with Crippen molar-refractivity contribution in [3.8, 4) is 0 Å². The van der Waals surface area contributed by atoms with Crippen LogP contribution in [0.15, 0.2) is 29.2 Å². The summed E-state index contributed by atoms with van der Waals surface area (Å²) in [4.78, 5) is 14.2. The van der Waals surface area contributed by atoms with Crippen molar-refractivity contribution in [3.63, 3.8) is 0 Å². The standard InChI is InChI=1S/C18H28FN3O3S.ClH/c1-20-14-15-9-12-22(13-10-15)18(23)4-3-11-21(2)26(24,25)17-7-5-16(19)6-8-17;/h5-8,15,20H,3-4,9-14H2,1-2H3;1H. The van der Waals surface area contributed by atoms with Crippen molar-refractivity contribution in [2.45, 2.75) is 30.6 Å². The molecule has 1 aliphatic heterocycles. The summed E-state index contributed by atoms with van der Waals surface area (Å²) in [5, 5.41) is 3.17. The number of hydrogen-bond acceptors (Lipinski definition) is 4. The molecule has 0 radical (unpaired) electrons. The molecule has 1 amide bonds. The quantitative estimate of drug-likeness (QED) is 0.697. The summed E-state index contributed by atoms with van der Waals surface area (Å²) < 4.78 is 39.0. The van der Waals surface area contributed by atoms with Crippen molar-refractivity contribution in [3.05, 3.63) is 30.1 Å². The Morgan fingerprint density at radius 2 is 1.85 bits per heavy atom. The van der Waals surface area contributed by atoms with Gasteiger partial charge in [-0.25, -0.2) is 17.1 Å². The molecule has 1 heterocycles. The highest BCUT2D eigenvalue weighted by Gasteiger charge is 2.23. The summed E-state index contributed by atoms with van der Waals surface area (Å²) in [5.41, 5.74) is 0. The molecule has 1 saturated heterocycles. The van der Waals surface area contributed by atoms with Gasteiger partial charge in [0.05, 0.1) is 4.90 Å². The SMILES string of the molecule is CNCC1CCN(C(=O)CCCN(C)S(=O)(=O)c2ccc(F)cc2)CC1.Cl. The van der Waals surface area contributed by atoms with Gasteiger partial charge in [-0.1, -0.05) is 0 Å². The number of hydrogen-bond donors (Lipinski definition) is 1. The van der Waals surface area contributed by atoms with Crippen LogP contribution < -0.4 is 5.32 Å². The number of rotatable bonds is 8. The van der Waals surface area contributed by atoms with Gasteiger partial charge >= 0.3 is 0 Å². The summed E-state index contributed by atoms with van der Waals surface area (Å²) >= 11 is 0. The largest absolute Gasteiger partial charge is 0.343 e. The van der Waals surface area contributed by atoms with E-state index in [1.54, 1.807) is 0 Å². The Morgan fingerprint density at radius 1 is 1.26 bits per heavy atom. The molecule has 1 aliphatic rings. The van der Waals surface area contributed by atoms with E-state index in [1.165, 1.54) is 23.5 Å². The lowest BCUT2D eigenvalue weighted by atomic mass is 9.96. The third kappa shape index (κ3) is 6.71. The Kier molecular flexibility index (Phi) is 9.66. The Bertz CT molecular complexity index is 692. The normalized spacial score (nSPS) is 15.6. The van der Waals surface area contributed by atoms with Gasteiger partial charge < -0.3 is 10.2 Å². The van der Waals surface area contributed by atoms with Crippen LogP contribution in [0.25, 0.3) is 0 Å². The van der Waals surface area contributed by atoms with Crippen LogP contribution in [0.1, 0.15) is 25.7 Å². The van der Waals surface area contributed by atoms with Crippen molar-refractivity contribution in [2.24, 2.45) is 5.92 Å². The molecule has 1 N–H and O–H groups in total. The topological polar surface area (TPSA) is 69.7 Å². The number of nitrogens with one attached hydrogen (secondary N) is 1. The van der Waals surface area contributed by atoms with Crippen molar-refractivity contribution in [1.29, 1.82) is 0 Å². The second kappa shape index (κ2) is 10.9. The maximum atomic E-state index is 13.0. The molecule has 9 heteroatoms. The van der Waals surface area contributed by atoms with E-state index >= 15 is 0 Å². The summed E-state index contributed by atoms with van der Waals surface area (Å²) in [6.45, 7) is 2.78. The Labute approximate surface area is 167 Å². The minimum atomic E-state index is -3.66. The molecule has 1 fully saturated rings. The van der Waals surface area contributed by atoms with Gasteiger partial charge in [0.15, 0.2) is 0 Å². The smallest absolute Gasteiger partial charge is 0.242 e. The first kappa shape index (κ1) is 23.8. The lowest BCUT2D eigenvalue weighted by molar-refractivity contribution is -0.132. The fraction of sp³-hybridized carbons (Fsp3) is 0.611. The van der Waals surface area contributed by atoms with Crippen LogP contribution >= 0.6 is 12.4 Å². The molecule has 0 unspecified atom stereocenters. The zero-order valence-electron chi connectivity index (χ0n) is 15.9. The van der Waals surface area contributed by atoms with Crippen molar-refractivity contribution in [1.82, 2.24) is 14.5 Å².